The summed E-state index contributed by atoms with van der Waals surface area (Å²) < 4.78 is 4.80. The lowest BCUT2D eigenvalue weighted by molar-refractivity contribution is -0.140. The fraction of sp³-hybridized carbons (Fsp3) is 0.556. The topological polar surface area (TPSA) is 38.7 Å². The SMILES string of the molecule is CC(=O)OCCSSC1=CCCC=N1. The maximum atomic E-state index is 10.4. The molecule has 0 aromatic rings. The van der Waals surface area contributed by atoms with E-state index < -0.39 is 0 Å². The highest BCUT2D eigenvalue weighted by Crippen LogP contribution is 2.32. The van der Waals surface area contributed by atoms with Crippen LogP contribution in [-0.2, 0) is 9.53 Å². The van der Waals surface area contributed by atoms with E-state index in [9.17, 15) is 4.79 Å². The average Bonchev–Trinajstić information content (AvgIpc) is 2.18. The Morgan fingerprint density at radius 3 is 3.14 bits per heavy atom. The molecule has 1 heterocycles. The molecular weight excluding hydrogens is 218 g/mol. The monoisotopic (exact) mass is 231 g/mol. The molecule has 1 rings (SSSR count). The van der Waals surface area contributed by atoms with Gasteiger partial charge < -0.3 is 4.74 Å². The van der Waals surface area contributed by atoms with Gasteiger partial charge in [-0.25, -0.2) is 0 Å². The number of carbonyl (C=O) groups is 1. The van der Waals surface area contributed by atoms with Crippen molar-refractivity contribution in [3.63, 3.8) is 0 Å². The number of esters is 1. The van der Waals surface area contributed by atoms with Crippen LogP contribution in [0.25, 0.3) is 0 Å². The molecule has 0 N–H and O–H groups in total. The third-order valence-electron chi connectivity index (χ3n) is 1.45. The number of nitrogens with zero attached hydrogens (tertiary/aromatic N) is 1. The van der Waals surface area contributed by atoms with Crippen molar-refractivity contribution in [2.45, 2.75) is 19.8 Å². The van der Waals surface area contributed by atoms with Crippen molar-refractivity contribution in [1.29, 1.82) is 0 Å². The van der Waals surface area contributed by atoms with Gasteiger partial charge in [0.05, 0.1) is 0 Å². The van der Waals surface area contributed by atoms with Crippen LogP contribution >= 0.6 is 21.6 Å². The second-order valence-corrected chi connectivity index (χ2v) is 5.11. The Labute approximate surface area is 91.8 Å². The van der Waals surface area contributed by atoms with Gasteiger partial charge in [-0.05, 0) is 23.6 Å². The molecule has 0 aliphatic carbocycles. The predicted molar refractivity (Wildman–Crippen MR) is 62.5 cm³/mol. The van der Waals surface area contributed by atoms with E-state index >= 15 is 0 Å². The molecule has 0 aromatic heterocycles. The van der Waals surface area contributed by atoms with E-state index in [0.717, 1.165) is 23.6 Å². The minimum absolute atomic E-state index is 0.217. The van der Waals surface area contributed by atoms with E-state index in [1.165, 1.54) is 6.92 Å². The van der Waals surface area contributed by atoms with Crippen molar-refractivity contribution in [2.24, 2.45) is 4.99 Å². The predicted octanol–water partition coefficient (Wildman–Crippen LogP) is 2.64. The van der Waals surface area contributed by atoms with E-state index in [1.807, 2.05) is 6.21 Å². The Hall–Kier alpha value is -0.420. The highest BCUT2D eigenvalue weighted by molar-refractivity contribution is 8.78. The van der Waals surface area contributed by atoms with Gasteiger partial charge in [-0.3, -0.25) is 9.79 Å². The lowest BCUT2D eigenvalue weighted by atomic mass is 10.3. The zero-order valence-electron chi connectivity index (χ0n) is 8.06. The molecule has 0 saturated carbocycles. The standard InChI is InChI=1S/C9H13NO2S2/c1-8(11)12-6-7-13-14-9-4-2-3-5-10-9/h4-5H,2-3,6-7H2,1H3. The van der Waals surface area contributed by atoms with Gasteiger partial charge in [-0.1, -0.05) is 16.9 Å². The first-order chi connectivity index (χ1) is 6.79. The van der Waals surface area contributed by atoms with E-state index in [2.05, 4.69) is 11.1 Å². The van der Waals surface area contributed by atoms with Gasteiger partial charge in [0.25, 0.3) is 0 Å². The number of carbonyl (C=O) groups excluding carboxylic acids is 1. The van der Waals surface area contributed by atoms with Gasteiger partial charge in [0.1, 0.15) is 11.6 Å². The molecule has 0 aromatic carbocycles. The maximum Gasteiger partial charge on any atom is 0.302 e. The van der Waals surface area contributed by atoms with Crippen molar-refractivity contribution in [3.05, 3.63) is 11.1 Å². The number of hydrogen-bond donors (Lipinski definition) is 0. The van der Waals surface area contributed by atoms with E-state index in [1.54, 1.807) is 21.6 Å². The number of aliphatic imine (C=N–C) groups is 1. The van der Waals surface area contributed by atoms with Crippen LogP contribution < -0.4 is 0 Å². The lowest BCUT2D eigenvalue weighted by Crippen LogP contribution is -2.01. The van der Waals surface area contributed by atoms with Crippen molar-refractivity contribution in [2.75, 3.05) is 12.4 Å². The molecule has 0 bridgehead atoms. The van der Waals surface area contributed by atoms with Gasteiger partial charge in [-0.2, -0.15) is 0 Å². The Morgan fingerprint density at radius 2 is 2.50 bits per heavy atom. The van der Waals surface area contributed by atoms with Crippen molar-refractivity contribution in [1.82, 2.24) is 0 Å². The van der Waals surface area contributed by atoms with Crippen LogP contribution in [0.15, 0.2) is 16.1 Å². The molecule has 0 unspecified atom stereocenters. The first kappa shape index (κ1) is 11.7. The van der Waals surface area contributed by atoms with Crippen LogP contribution in [0.5, 0.6) is 0 Å². The molecule has 0 saturated heterocycles. The number of rotatable bonds is 5. The smallest absolute Gasteiger partial charge is 0.302 e. The summed E-state index contributed by atoms with van der Waals surface area (Å²) in [7, 11) is 3.30. The highest BCUT2D eigenvalue weighted by atomic mass is 33.1. The Bertz CT molecular complexity index is 251. The molecule has 78 valence electrons. The maximum absolute atomic E-state index is 10.4. The van der Waals surface area contributed by atoms with Crippen molar-refractivity contribution < 1.29 is 9.53 Å². The molecule has 0 radical (unpaired) electrons. The summed E-state index contributed by atoms with van der Waals surface area (Å²) in [5, 5.41) is 1.06. The molecule has 1 aliphatic heterocycles. The minimum atomic E-state index is -0.217. The third kappa shape index (κ3) is 5.34. The quantitative estimate of drug-likeness (QED) is 0.414. The number of ether oxygens (including phenoxy) is 1. The molecule has 0 amide bonds. The van der Waals surface area contributed by atoms with Crippen molar-refractivity contribution in [3.8, 4) is 0 Å². The van der Waals surface area contributed by atoms with Gasteiger partial charge in [0.15, 0.2) is 0 Å². The van der Waals surface area contributed by atoms with E-state index in [4.69, 9.17) is 4.74 Å². The Kier molecular flexibility index (Phi) is 5.78. The van der Waals surface area contributed by atoms with Crippen LogP contribution in [0.2, 0.25) is 0 Å². The molecule has 5 heteroatoms. The summed E-state index contributed by atoms with van der Waals surface area (Å²) in [5.74, 6) is 0.586. The second-order valence-electron chi connectivity index (χ2n) is 2.68. The summed E-state index contributed by atoms with van der Waals surface area (Å²) in [4.78, 5) is 14.7. The van der Waals surface area contributed by atoms with Gasteiger partial charge >= 0.3 is 5.97 Å². The van der Waals surface area contributed by atoms with Crippen LogP contribution in [-0.4, -0.2) is 24.5 Å². The summed E-state index contributed by atoms with van der Waals surface area (Å²) in [6.07, 6.45) is 6.19. The summed E-state index contributed by atoms with van der Waals surface area (Å²) in [6, 6.07) is 0. The molecule has 0 atom stereocenters. The van der Waals surface area contributed by atoms with Crippen LogP contribution in [0.4, 0.5) is 0 Å². The number of hydrogen-bond acceptors (Lipinski definition) is 5. The van der Waals surface area contributed by atoms with Gasteiger partial charge in [0, 0.05) is 18.9 Å². The molecule has 14 heavy (non-hydrogen) atoms. The fourth-order valence-corrected chi connectivity index (χ4v) is 2.67. The second kappa shape index (κ2) is 6.95. The summed E-state index contributed by atoms with van der Waals surface area (Å²) >= 11 is 0. The highest BCUT2D eigenvalue weighted by Gasteiger charge is 2.00. The Morgan fingerprint density at radius 1 is 1.64 bits per heavy atom. The van der Waals surface area contributed by atoms with Gasteiger partial charge in [-0.15, -0.1) is 0 Å². The normalized spacial score (nSPS) is 15.1. The third-order valence-corrected chi connectivity index (χ3v) is 3.71. The fourth-order valence-electron chi connectivity index (χ4n) is 0.866. The van der Waals surface area contributed by atoms with Crippen LogP contribution in [0, 0.1) is 0 Å². The zero-order chi connectivity index (χ0) is 10.2. The molecule has 0 spiro atoms. The lowest BCUT2D eigenvalue weighted by Gasteiger charge is -2.04. The average molecular weight is 231 g/mol. The molecule has 1 aliphatic rings. The largest absolute Gasteiger partial charge is 0.465 e. The first-order valence-corrected chi connectivity index (χ1v) is 6.76. The minimum Gasteiger partial charge on any atom is -0.465 e. The number of allylic oxidation sites excluding steroid dienone is 1. The van der Waals surface area contributed by atoms with Crippen LogP contribution in [0.3, 0.4) is 0 Å². The van der Waals surface area contributed by atoms with Crippen molar-refractivity contribution >= 4 is 33.8 Å². The van der Waals surface area contributed by atoms with Crippen LogP contribution in [0.1, 0.15) is 19.8 Å². The summed E-state index contributed by atoms with van der Waals surface area (Å²) in [6.45, 7) is 1.90. The van der Waals surface area contributed by atoms with Gasteiger partial charge in [0.2, 0.25) is 0 Å². The summed E-state index contributed by atoms with van der Waals surface area (Å²) in [5.41, 5.74) is 0. The molecule has 3 nitrogen and oxygen atoms in total. The Balaban J connectivity index is 2.01. The molecule has 0 fully saturated rings. The first-order valence-electron chi connectivity index (χ1n) is 4.44. The zero-order valence-corrected chi connectivity index (χ0v) is 9.70. The van der Waals surface area contributed by atoms with E-state index in [-0.39, 0.29) is 5.97 Å². The van der Waals surface area contributed by atoms with E-state index in [0.29, 0.717) is 6.61 Å². The molecular formula is C9H13NO2S2.